The van der Waals surface area contributed by atoms with Gasteiger partial charge in [0.15, 0.2) is 11.6 Å². The maximum atomic E-state index is 13.8. The number of rotatable bonds is 4. The fraction of sp³-hybridized carbons (Fsp3) is 0.154. The molecule has 0 bridgehead atoms. The molecule has 0 atom stereocenters. The molecule has 19 heavy (non-hydrogen) atoms. The van der Waals surface area contributed by atoms with Crippen molar-refractivity contribution in [1.29, 1.82) is 0 Å². The first-order valence-electron chi connectivity index (χ1n) is 5.56. The Morgan fingerprint density at radius 2 is 2.00 bits per heavy atom. The van der Waals surface area contributed by atoms with E-state index in [0.717, 1.165) is 4.88 Å². The smallest absolute Gasteiger partial charge is 0.182 e. The molecule has 0 saturated heterocycles. The van der Waals surface area contributed by atoms with E-state index in [1.807, 2.05) is 19.1 Å². The standard InChI is InChI=1S/C13H12F2N2S2/c1-7-2-3-8(19-7)6-17-10-5-4-9(13(16)18)11(14)12(10)15/h2-5,17H,6H2,1H3,(H2,16,18). The van der Waals surface area contributed by atoms with Gasteiger partial charge in [-0.15, -0.1) is 11.3 Å². The van der Waals surface area contributed by atoms with E-state index in [9.17, 15) is 8.78 Å². The second-order valence-corrected chi connectivity index (χ2v) is 5.83. The van der Waals surface area contributed by atoms with Gasteiger partial charge in [0, 0.05) is 21.9 Å². The van der Waals surface area contributed by atoms with Crippen LogP contribution in [0, 0.1) is 18.6 Å². The maximum absolute atomic E-state index is 13.8. The van der Waals surface area contributed by atoms with Crippen LogP contribution in [0.3, 0.4) is 0 Å². The van der Waals surface area contributed by atoms with E-state index in [0.29, 0.717) is 6.54 Å². The van der Waals surface area contributed by atoms with Crippen LogP contribution in [0.1, 0.15) is 15.3 Å². The van der Waals surface area contributed by atoms with Crippen LogP contribution < -0.4 is 11.1 Å². The van der Waals surface area contributed by atoms with Crippen molar-refractivity contribution in [3.05, 3.63) is 51.2 Å². The molecule has 0 aliphatic heterocycles. The maximum Gasteiger partial charge on any atom is 0.182 e. The Hall–Kier alpha value is -1.53. The van der Waals surface area contributed by atoms with E-state index >= 15 is 0 Å². The Labute approximate surface area is 119 Å². The third-order valence-corrected chi connectivity index (χ3v) is 3.82. The molecular formula is C13H12F2N2S2. The number of halogens is 2. The minimum atomic E-state index is -1.01. The van der Waals surface area contributed by atoms with Gasteiger partial charge in [0.25, 0.3) is 0 Å². The molecule has 0 spiro atoms. The number of hydrogen-bond acceptors (Lipinski definition) is 3. The van der Waals surface area contributed by atoms with Crippen LogP contribution in [0.5, 0.6) is 0 Å². The van der Waals surface area contributed by atoms with E-state index in [1.165, 1.54) is 17.0 Å². The van der Waals surface area contributed by atoms with Crippen LogP contribution in [0.15, 0.2) is 24.3 Å². The molecule has 6 heteroatoms. The number of aryl methyl sites for hydroxylation is 1. The third kappa shape index (κ3) is 3.08. The quantitative estimate of drug-likeness (QED) is 0.847. The Balaban J connectivity index is 2.17. The normalized spacial score (nSPS) is 10.5. The number of thiocarbonyl (C=S) groups is 1. The zero-order valence-electron chi connectivity index (χ0n) is 10.2. The lowest BCUT2D eigenvalue weighted by atomic mass is 10.2. The van der Waals surface area contributed by atoms with E-state index in [4.69, 9.17) is 5.73 Å². The minimum Gasteiger partial charge on any atom is -0.389 e. The molecule has 1 aromatic carbocycles. The van der Waals surface area contributed by atoms with Crippen molar-refractivity contribution in [2.75, 3.05) is 5.32 Å². The molecule has 0 unspecified atom stereocenters. The third-order valence-electron chi connectivity index (χ3n) is 2.60. The molecule has 3 N–H and O–H groups in total. The van der Waals surface area contributed by atoms with Crippen molar-refractivity contribution in [2.24, 2.45) is 5.73 Å². The van der Waals surface area contributed by atoms with Crippen molar-refractivity contribution < 1.29 is 8.78 Å². The molecular weight excluding hydrogens is 286 g/mol. The second kappa shape index (κ2) is 5.63. The average molecular weight is 298 g/mol. The van der Waals surface area contributed by atoms with Crippen LogP contribution in [0.4, 0.5) is 14.5 Å². The van der Waals surface area contributed by atoms with Crippen molar-refractivity contribution >= 4 is 34.2 Å². The molecule has 100 valence electrons. The van der Waals surface area contributed by atoms with Gasteiger partial charge in [-0.25, -0.2) is 8.78 Å². The van der Waals surface area contributed by atoms with Gasteiger partial charge >= 0.3 is 0 Å². The van der Waals surface area contributed by atoms with Gasteiger partial charge in [-0.1, -0.05) is 12.2 Å². The van der Waals surface area contributed by atoms with Gasteiger partial charge < -0.3 is 11.1 Å². The topological polar surface area (TPSA) is 38.0 Å². The largest absolute Gasteiger partial charge is 0.389 e. The summed E-state index contributed by atoms with van der Waals surface area (Å²) in [6.45, 7) is 2.44. The van der Waals surface area contributed by atoms with Crippen molar-refractivity contribution in [3.8, 4) is 0 Å². The first-order valence-corrected chi connectivity index (χ1v) is 6.78. The summed E-state index contributed by atoms with van der Waals surface area (Å²) in [6, 6.07) is 6.75. The van der Waals surface area contributed by atoms with Crippen LogP contribution in [0.25, 0.3) is 0 Å². The molecule has 0 radical (unpaired) electrons. The molecule has 2 nitrogen and oxygen atoms in total. The van der Waals surface area contributed by atoms with Crippen LogP contribution in [0.2, 0.25) is 0 Å². The van der Waals surface area contributed by atoms with E-state index in [1.54, 1.807) is 11.3 Å². The lowest BCUT2D eigenvalue weighted by Crippen LogP contribution is -2.13. The molecule has 0 fully saturated rings. The van der Waals surface area contributed by atoms with Crippen LogP contribution in [-0.4, -0.2) is 4.99 Å². The highest BCUT2D eigenvalue weighted by molar-refractivity contribution is 7.80. The Kier molecular flexibility index (Phi) is 4.11. The molecule has 1 aromatic heterocycles. The number of nitrogens with one attached hydrogen (secondary N) is 1. The molecule has 0 amide bonds. The van der Waals surface area contributed by atoms with Crippen LogP contribution in [-0.2, 0) is 6.54 Å². The molecule has 0 saturated carbocycles. The fourth-order valence-corrected chi connectivity index (χ4v) is 2.63. The molecule has 2 rings (SSSR count). The summed E-state index contributed by atoms with van der Waals surface area (Å²) >= 11 is 6.25. The first kappa shape index (κ1) is 13.9. The lowest BCUT2D eigenvalue weighted by Gasteiger charge is -2.09. The van der Waals surface area contributed by atoms with Gasteiger partial charge in [0.05, 0.1) is 5.69 Å². The molecule has 0 aliphatic rings. The zero-order chi connectivity index (χ0) is 14.0. The van der Waals surface area contributed by atoms with E-state index in [2.05, 4.69) is 17.5 Å². The summed E-state index contributed by atoms with van der Waals surface area (Å²) < 4.78 is 27.4. The predicted octanol–water partition coefficient (Wildman–Crippen LogP) is 3.58. The van der Waals surface area contributed by atoms with Crippen molar-refractivity contribution in [1.82, 2.24) is 0 Å². The number of thiophene rings is 1. The summed E-state index contributed by atoms with van der Waals surface area (Å²) in [5.74, 6) is -1.97. The van der Waals surface area contributed by atoms with Crippen molar-refractivity contribution in [2.45, 2.75) is 13.5 Å². The summed E-state index contributed by atoms with van der Waals surface area (Å²) in [5, 5.41) is 2.86. The van der Waals surface area contributed by atoms with Gasteiger partial charge in [-0.05, 0) is 31.2 Å². The Bertz CT molecular complexity index is 623. The summed E-state index contributed by atoms with van der Waals surface area (Å²) in [4.78, 5) is 2.07. The molecule has 0 aliphatic carbocycles. The number of hydrogen-bond donors (Lipinski definition) is 2. The van der Waals surface area contributed by atoms with Gasteiger partial charge in [0.1, 0.15) is 4.99 Å². The fourth-order valence-electron chi connectivity index (χ4n) is 1.64. The van der Waals surface area contributed by atoms with Gasteiger partial charge in [-0.2, -0.15) is 0 Å². The zero-order valence-corrected chi connectivity index (χ0v) is 11.8. The summed E-state index contributed by atoms with van der Waals surface area (Å²) in [6.07, 6.45) is 0. The minimum absolute atomic E-state index is 0.0787. The van der Waals surface area contributed by atoms with Gasteiger partial charge in [-0.3, -0.25) is 0 Å². The number of nitrogens with two attached hydrogens (primary N) is 1. The van der Waals surface area contributed by atoms with Crippen molar-refractivity contribution in [3.63, 3.8) is 0 Å². The monoisotopic (exact) mass is 298 g/mol. The highest BCUT2D eigenvalue weighted by Crippen LogP contribution is 2.22. The average Bonchev–Trinajstić information content (AvgIpc) is 2.76. The van der Waals surface area contributed by atoms with E-state index in [-0.39, 0.29) is 16.2 Å². The first-order chi connectivity index (χ1) is 8.99. The number of benzene rings is 1. The SMILES string of the molecule is Cc1ccc(CNc2ccc(C(N)=S)c(F)c2F)s1. The highest BCUT2D eigenvalue weighted by atomic mass is 32.1. The summed E-state index contributed by atoms with van der Waals surface area (Å²) in [5.41, 5.74) is 5.33. The molecule has 2 aromatic rings. The van der Waals surface area contributed by atoms with Crippen LogP contribution >= 0.6 is 23.6 Å². The second-order valence-electron chi connectivity index (χ2n) is 4.02. The Morgan fingerprint density at radius 3 is 2.58 bits per heavy atom. The number of anilines is 1. The lowest BCUT2D eigenvalue weighted by molar-refractivity contribution is 0.509. The predicted molar refractivity (Wildman–Crippen MR) is 78.6 cm³/mol. The Morgan fingerprint density at radius 1 is 1.26 bits per heavy atom. The van der Waals surface area contributed by atoms with Gasteiger partial charge in [0.2, 0.25) is 0 Å². The van der Waals surface area contributed by atoms with E-state index < -0.39 is 11.6 Å². The summed E-state index contributed by atoms with van der Waals surface area (Å²) in [7, 11) is 0. The molecule has 1 heterocycles. The highest BCUT2D eigenvalue weighted by Gasteiger charge is 2.14.